The maximum Gasteiger partial charge on any atom is 0.490 e. The van der Waals surface area contributed by atoms with Crippen LogP contribution in [0.4, 0.5) is 30.7 Å². The highest BCUT2D eigenvalue weighted by Gasteiger charge is 2.74. The van der Waals surface area contributed by atoms with Crippen LogP contribution in [0.1, 0.15) is 5.69 Å². The van der Waals surface area contributed by atoms with Crippen molar-refractivity contribution < 1.29 is 40.8 Å². The van der Waals surface area contributed by atoms with Crippen molar-refractivity contribution in [3.63, 3.8) is 0 Å². The lowest BCUT2D eigenvalue weighted by molar-refractivity contribution is -0.360. The summed E-state index contributed by atoms with van der Waals surface area (Å²) >= 11 is 0. The lowest BCUT2D eigenvalue weighted by atomic mass is 9.81. The molecule has 0 aliphatic carbocycles. The molecule has 0 atom stereocenters. The van der Waals surface area contributed by atoms with Crippen LogP contribution in [0.5, 0.6) is 0 Å². The summed E-state index contributed by atoms with van der Waals surface area (Å²) in [5.74, 6) is -11.9. The summed E-state index contributed by atoms with van der Waals surface area (Å²) in [5, 5.41) is 17.2. The Bertz CT molecular complexity index is 445. The van der Waals surface area contributed by atoms with Gasteiger partial charge < -0.3 is 10.0 Å². The highest BCUT2D eigenvalue weighted by atomic mass is 19.4. The highest BCUT2D eigenvalue weighted by Crippen LogP contribution is 2.51. The smallest absolute Gasteiger partial charge is 0.423 e. The van der Waals surface area contributed by atoms with Crippen molar-refractivity contribution in [1.82, 2.24) is 4.98 Å². The average Bonchev–Trinajstić information content (AvgIpc) is 2.27. The van der Waals surface area contributed by atoms with Crippen LogP contribution in [0, 0.1) is 0 Å². The van der Waals surface area contributed by atoms with Gasteiger partial charge in [-0.05, 0) is 6.07 Å². The first-order valence-corrected chi connectivity index (χ1v) is 4.56. The summed E-state index contributed by atoms with van der Waals surface area (Å²) in [6.07, 6.45) is -6.09. The van der Waals surface area contributed by atoms with Gasteiger partial charge in [0.25, 0.3) is 0 Å². The molecule has 1 heterocycles. The van der Waals surface area contributed by atoms with Gasteiger partial charge in [-0.25, -0.2) is 0 Å². The molecule has 0 radical (unpaired) electrons. The van der Waals surface area contributed by atoms with E-state index in [1.54, 1.807) is 0 Å². The second-order valence-electron chi connectivity index (χ2n) is 3.50. The molecular weight excluding hydrogens is 286 g/mol. The summed E-state index contributed by atoms with van der Waals surface area (Å²) < 4.78 is 87.1. The third-order valence-electron chi connectivity index (χ3n) is 2.16. The fourth-order valence-electron chi connectivity index (χ4n) is 1.08. The van der Waals surface area contributed by atoms with Gasteiger partial charge in [0.1, 0.15) is 5.69 Å². The minimum atomic E-state index is -6.45. The van der Waals surface area contributed by atoms with Crippen molar-refractivity contribution >= 4 is 12.6 Å². The van der Waals surface area contributed by atoms with Crippen LogP contribution >= 0.6 is 0 Å². The van der Waals surface area contributed by atoms with Crippen molar-refractivity contribution in [3.8, 4) is 0 Å². The van der Waals surface area contributed by atoms with E-state index in [2.05, 4.69) is 4.98 Å². The van der Waals surface area contributed by atoms with Gasteiger partial charge in [-0.2, -0.15) is 30.7 Å². The molecule has 0 aromatic carbocycles. The Labute approximate surface area is 101 Å². The molecule has 0 amide bonds. The SMILES string of the molecule is OB(O)c1ccc(C(F)(F)C(F)(F)C(F)(F)F)nc1. The lowest BCUT2D eigenvalue weighted by Crippen LogP contribution is -2.50. The van der Waals surface area contributed by atoms with E-state index >= 15 is 0 Å². The minimum Gasteiger partial charge on any atom is -0.423 e. The Morgan fingerprint density at radius 2 is 1.47 bits per heavy atom. The highest BCUT2D eigenvalue weighted by molar-refractivity contribution is 6.58. The van der Waals surface area contributed by atoms with Crippen LogP contribution in [-0.4, -0.2) is 34.2 Å². The molecule has 0 fully saturated rings. The first-order chi connectivity index (χ1) is 8.41. The Hall–Kier alpha value is -1.36. The van der Waals surface area contributed by atoms with Gasteiger partial charge in [0.15, 0.2) is 0 Å². The number of nitrogens with zero attached hydrogens (tertiary/aromatic N) is 1. The molecule has 2 N–H and O–H groups in total. The number of rotatable bonds is 3. The van der Waals surface area contributed by atoms with Crippen LogP contribution in [0.25, 0.3) is 0 Å². The van der Waals surface area contributed by atoms with E-state index in [9.17, 15) is 30.7 Å². The molecular formula is C8H5BF7NO2. The van der Waals surface area contributed by atoms with Gasteiger partial charge in [-0.3, -0.25) is 4.98 Å². The molecule has 0 aliphatic rings. The second-order valence-corrected chi connectivity index (χ2v) is 3.50. The van der Waals surface area contributed by atoms with Crippen LogP contribution < -0.4 is 5.46 Å². The molecule has 0 unspecified atom stereocenters. The molecule has 3 nitrogen and oxygen atoms in total. The first kappa shape index (κ1) is 15.7. The monoisotopic (exact) mass is 291 g/mol. The Balaban J connectivity index is 3.20. The zero-order valence-electron chi connectivity index (χ0n) is 8.80. The van der Waals surface area contributed by atoms with Gasteiger partial charge in [-0.1, -0.05) is 6.07 Å². The molecule has 0 bridgehead atoms. The molecule has 1 aromatic rings. The largest absolute Gasteiger partial charge is 0.490 e. The van der Waals surface area contributed by atoms with Crippen LogP contribution in [0.3, 0.4) is 0 Å². The number of pyridine rings is 1. The summed E-state index contributed by atoms with van der Waals surface area (Å²) in [6, 6.07) is 0.710. The van der Waals surface area contributed by atoms with Gasteiger partial charge in [0.2, 0.25) is 0 Å². The third kappa shape index (κ3) is 2.66. The molecule has 1 aromatic heterocycles. The van der Waals surface area contributed by atoms with Crippen LogP contribution in [-0.2, 0) is 5.92 Å². The molecule has 106 valence electrons. The Kier molecular flexibility index (Phi) is 3.83. The van der Waals surface area contributed by atoms with Gasteiger partial charge in [-0.15, -0.1) is 0 Å². The topological polar surface area (TPSA) is 53.4 Å². The predicted molar refractivity (Wildman–Crippen MR) is 49.0 cm³/mol. The van der Waals surface area contributed by atoms with E-state index in [-0.39, 0.29) is 6.07 Å². The summed E-state index contributed by atoms with van der Waals surface area (Å²) in [5.41, 5.74) is -2.27. The maximum atomic E-state index is 13.1. The van der Waals surface area contributed by atoms with E-state index in [1.807, 2.05) is 0 Å². The van der Waals surface area contributed by atoms with Crippen molar-refractivity contribution in [2.45, 2.75) is 18.0 Å². The minimum absolute atomic E-state index is 0.161. The van der Waals surface area contributed by atoms with Gasteiger partial charge in [0, 0.05) is 11.7 Å². The number of aromatic nitrogens is 1. The number of hydrogen-bond acceptors (Lipinski definition) is 3. The molecule has 0 spiro atoms. The second kappa shape index (κ2) is 4.64. The summed E-state index contributed by atoms with van der Waals surface area (Å²) in [6.45, 7) is 0. The van der Waals surface area contributed by atoms with E-state index < -0.39 is 36.3 Å². The molecule has 11 heteroatoms. The zero-order chi connectivity index (χ0) is 15.1. The van der Waals surface area contributed by atoms with Crippen LogP contribution in [0.2, 0.25) is 0 Å². The van der Waals surface area contributed by atoms with Crippen LogP contribution in [0.15, 0.2) is 18.3 Å². The summed E-state index contributed by atoms with van der Waals surface area (Å²) in [7, 11) is -2.11. The van der Waals surface area contributed by atoms with Crippen molar-refractivity contribution in [3.05, 3.63) is 24.0 Å². The number of alkyl halides is 7. The van der Waals surface area contributed by atoms with Crippen molar-refractivity contribution in [2.24, 2.45) is 0 Å². The van der Waals surface area contributed by atoms with E-state index in [0.29, 0.717) is 12.3 Å². The van der Waals surface area contributed by atoms with E-state index in [0.717, 1.165) is 0 Å². The zero-order valence-corrected chi connectivity index (χ0v) is 8.80. The van der Waals surface area contributed by atoms with E-state index in [4.69, 9.17) is 10.0 Å². The number of hydrogen-bond donors (Lipinski definition) is 2. The fraction of sp³-hybridized carbons (Fsp3) is 0.375. The van der Waals surface area contributed by atoms with Gasteiger partial charge >= 0.3 is 25.1 Å². The maximum absolute atomic E-state index is 13.1. The average molecular weight is 291 g/mol. The van der Waals surface area contributed by atoms with E-state index in [1.165, 1.54) is 0 Å². The Morgan fingerprint density at radius 3 is 1.79 bits per heavy atom. The molecule has 1 rings (SSSR count). The summed E-state index contributed by atoms with van der Waals surface area (Å²) in [4.78, 5) is 2.70. The van der Waals surface area contributed by atoms with Crippen molar-refractivity contribution in [2.75, 3.05) is 0 Å². The quantitative estimate of drug-likeness (QED) is 0.646. The van der Waals surface area contributed by atoms with Gasteiger partial charge in [0.05, 0.1) is 0 Å². The third-order valence-corrected chi connectivity index (χ3v) is 2.16. The predicted octanol–water partition coefficient (Wildman–Crippen LogP) is 1.05. The fourth-order valence-corrected chi connectivity index (χ4v) is 1.08. The molecule has 0 aliphatic heterocycles. The molecule has 0 saturated heterocycles. The number of halogens is 7. The lowest BCUT2D eigenvalue weighted by Gasteiger charge is -2.27. The van der Waals surface area contributed by atoms with Crippen molar-refractivity contribution in [1.29, 1.82) is 0 Å². The normalized spacial score (nSPS) is 13.5. The standard InChI is InChI=1S/C8H5BF7NO2/c10-6(11,7(12,13)8(14,15)16)5-2-1-4(3-17-5)9(18)19/h1-3,18-19H. The molecule has 0 saturated carbocycles. The Morgan fingerprint density at radius 1 is 0.947 bits per heavy atom. The molecule has 19 heavy (non-hydrogen) atoms. The first-order valence-electron chi connectivity index (χ1n) is 4.56.